The lowest BCUT2D eigenvalue weighted by atomic mass is 10.2. The number of aldehydes is 1. The summed E-state index contributed by atoms with van der Waals surface area (Å²) in [6, 6.07) is 10.5. The maximum absolute atomic E-state index is 9.43. The molecule has 0 radical (unpaired) electrons. The number of alkyl halides is 3. The van der Waals surface area contributed by atoms with Gasteiger partial charge in [-0.3, -0.25) is 4.79 Å². The summed E-state index contributed by atoms with van der Waals surface area (Å²) >= 11 is 14.6. The van der Waals surface area contributed by atoms with Crippen LogP contribution < -0.4 is 0 Å². The minimum Gasteiger partial charge on any atom is -0.299 e. The molecular weight excluding hydrogens is 242 g/mol. The van der Waals surface area contributed by atoms with E-state index in [1.165, 1.54) is 5.56 Å². The molecule has 14 heavy (non-hydrogen) atoms. The first-order valence-electron chi connectivity index (χ1n) is 4.06. The molecule has 0 atom stereocenters. The van der Waals surface area contributed by atoms with E-state index in [9.17, 15) is 4.79 Å². The standard InChI is InChI=1S/C8H10.C2HCl3O/c1-2-8-6-4-3-5-7-8;3-2(4,5)1-6/h3-7H,2H2,1H3;1H. The normalized spacial score (nSPS) is 10.0. The van der Waals surface area contributed by atoms with Gasteiger partial charge >= 0.3 is 0 Å². The van der Waals surface area contributed by atoms with Gasteiger partial charge in [-0.15, -0.1) is 0 Å². The third kappa shape index (κ3) is 8.36. The van der Waals surface area contributed by atoms with Crippen molar-refractivity contribution in [2.45, 2.75) is 17.1 Å². The van der Waals surface area contributed by atoms with Gasteiger partial charge in [0.1, 0.15) is 0 Å². The van der Waals surface area contributed by atoms with Crippen molar-refractivity contribution in [2.75, 3.05) is 0 Å². The Bertz CT molecular complexity index is 254. The van der Waals surface area contributed by atoms with Crippen LogP contribution in [0.3, 0.4) is 0 Å². The molecule has 0 aromatic heterocycles. The second-order valence-corrected chi connectivity index (χ2v) is 4.87. The SMILES string of the molecule is CCc1ccccc1.O=CC(Cl)(Cl)Cl. The van der Waals surface area contributed by atoms with Crippen molar-refractivity contribution in [2.24, 2.45) is 0 Å². The summed E-state index contributed by atoms with van der Waals surface area (Å²) in [6.45, 7) is 2.16. The van der Waals surface area contributed by atoms with Gasteiger partial charge in [-0.1, -0.05) is 72.1 Å². The van der Waals surface area contributed by atoms with Crippen LogP contribution in [-0.2, 0) is 11.2 Å². The number of rotatable bonds is 1. The molecule has 0 aliphatic carbocycles. The molecular formula is C10H11Cl3O. The largest absolute Gasteiger partial charge is 0.299 e. The van der Waals surface area contributed by atoms with E-state index in [0.29, 0.717) is 0 Å². The van der Waals surface area contributed by atoms with Crippen LogP contribution in [0.25, 0.3) is 0 Å². The fourth-order valence-corrected chi connectivity index (χ4v) is 0.714. The molecule has 4 heteroatoms. The van der Waals surface area contributed by atoms with E-state index < -0.39 is 3.79 Å². The highest BCUT2D eigenvalue weighted by atomic mass is 35.6. The molecule has 0 spiro atoms. The third-order valence-corrected chi connectivity index (χ3v) is 1.65. The molecule has 0 fully saturated rings. The fraction of sp³-hybridized carbons (Fsp3) is 0.300. The first-order valence-corrected chi connectivity index (χ1v) is 5.20. The summed E-state index contributed by atoms with van der Waals surface area (Å²) in [7, 11) is 0. The fourth-order valence-electron chi connectivity index (χ4n) is 0.714. The van der Waals surface area contributed by atoms with Crippen molar-refractivity contribution < 1.29 is 4.79 Å². The Morgan fingerprint density at radius 1 is 1.21 bits per heavy atom. The summed E-state index contributed by atoms with van der Waals surface area (Å²) in [5.41, 5.74) is 1.41. The zero-order valence-electron chi connectivity index (χ0n) is 7.71. The van der Waals surface area contributed by atoms with E-state index in [2.05, 4.69) is 31.2 Å². The van der Waals surface area contributed by atoms with E-state index in [0.717, 1.165) is 6.42 Å². The molecule has 1 rings (SSSR count). The monoisotopic (exact) mass is 252 g/mol. The number of carbonyl (C=O) groups is 1. The predicted octanol–water partition coefficient (Wildman–Crippen LogP) is 3.80. The Hall–Kier alpha value is -0.240. The smallest absolute Gasteiger partial charge is 0.245 e. The number of hydrogen-bond donors (Lipinski definition) is 0. The van der Waals surface area contributed by atoms with Gasteiger partial charge in [-0.05, 0) is 12.0 Å². The Morgan fingerprint density at radius 3 is 1.86 bits per heavy atom. The number of hydrogen-bond acceptors (Lipinski definition) is 1. The van der Waals surface area contributed by atoms with Crippen LogP contribution in [0, 0.1) is 0 Å². The van der Waals surface area contributed by atoms with E-state index >= 15 is 0 Å². The molecule has 0 N–H and O–H groups in total. The lowest BCUT2D eigenvalue weighted by Crippen LogP contribution is -2.00. The van der Waals surface area contributed by atoms with Crippen molar-refractivity contribution in [3.05, 3.63) is 35.9 Å². The van der Waals surface area contributed by atoms with Crippen molar-refractivity contribution in [3.8, 4) is 0 Å². The van der Waals surface area contributed by atoms with Gasteiger partial charge in [-0.25, -0.2) is 0 Å². The van der Waals surface area contributed by atoms with Crippen molar-refractivity contribution in [1.82, 2.24) is 0 Å². The van der Waals surface area contributed by atoms with E-state index in [1.54, 1.807) is 0 Å². The number of halogens is 3. The highest BCUT2D eigenvalue weighted by molar-refractivity contribution is 6.74. The molecule has 78 valence electrons. The predicted molar refractivity (Wildman–Crippen MR) is 62.2 cm³/mol. The first kappa shape index (κ1) is 13.8. The van der Waals surface area contributed by atoms with Crippen LogP contribution in [-0.4, -0.2) is 10.1 Å². The van der Waals surface area contributed by atoms with Gasteiger partial charge in [0, 0.05) is 0 Å². The quantitative estimate of drug-likeness (QED) is 0.549. The summed E-state index contributed by atoms with van der Waals surface area (Å²) in [5.74, 6) is 0. The van der Waals surface area contributed by atoms with Crippen LogP contribution in [0.1, 0.15) is 12.5 Å². The number of aryl methyl sites for hydroxylation is 1. The van der Waals surface area contributed by atoms with E-state index in [4.69, 9.17) is 34.8 Å². The molecule has 1 aromatic rings. The molecule has 0 aliphatic rings. The van der Waals surface area contributed by atoms with Gasteiger partial charge in [0.25, 0.3) is 0 Å². The zero-order chi connectivity index (χ0) is 11.0. The molecule has 0 amide bonds. The van der Waals surface area contributed by atoms with Crippen molar-refractivity contribution >= 4 is 41.1 Å². The Morgan fingerprint density at radius 2 is 1.64 bits per heavy atom. The summed E-state index contributed by atoms with van der Waals surface area (Å²) in [5, 5.41) is 0. The third-order valence-electron chi connectivity index (χ3n) is 1.38. The van der Waals surface area contributed by atoms with Crippen LogP contribution in [0.15, 0.2) is 30.3 Å². The molecule has 0 saturated carbocycles. The van der Waals surface area contributed by atoms with Crippen LogP contribution in [0.2, 0.25) is 0 Å². The molecule has 0 saturated heterocycles. The maximum atomic E-state index is 9.43. The van der Waals surface area contributed by atoms with Gasteiger partial charge in [0.05, 0.1) is 0 Å². The molecule has 0 aliphatic heterocycles. The minimum absolute atomic E-state index is 0.234. The number of benzene rings is 1. The second kappa shape index (κ2) is 7.10. The average Bonchev–Trinajstić information content (AvgIpc) is 2.19. The molecule has 1 nitrogen and oxygen atoms in total. The van der Waals surface area contributed by atoms with Crippen molar-refractivity contribution in [3.63, 3.8) is 0 Å². The van der Waals surface area contributed by atoms with Crippen LogP contribution >= 0.6 is 34.8 Å². The summed E-state index contributed by atoms with van der Waals surface area (Å²) < 4.78 is -1.72. The first-order chi connectivity index (χ1) is 6.49. The minimum atomic E-state index is -1.72. The zero-order valence-corrected chi connectivity index (χ0v) is 9.98. The molecule has 0 unspecified atom stereocenters. The van der Waals surface area contributed by atoms with Gasteiger partial charge in [0.2, 0.25) is 3.79 Å². The second-order valence-electron chi connectivity index (χ2n) is 2.50. The summed E-state index contributed by atoms with van der Waals surface area (Å²) in [4.78, 5) is 9.43. The highest BCUT2D eigenvalue weighted by Crippen LogP contribution is 2.21. The van der Waals surface area contributed by atoms with Gasteiger partial charge < -0.3 is 0 Å². The Kier molecular flexibility index (Phi) is 6.98. The molecule has 0 heterocycles. The highest BCUT2D eigenvalue weighted by Gasteiger charge is 2.16. The molecule has 0 bridgehead atoms. The topological polar surface area (TPSA) is 17.1 Å². The van der Waals surface area contributed by atoms with E-state index in [1.807, 2.05) is 6.07 Å². The van der Waals surface area contributed by atoms with E-state index in [-0.39, 0.29) is 6.29 Å². The lowest BCUT2D eigenvalue weighted by Gasteiger charge is -1.93. The lowest BCUT2D eigenvalue weighted by molar-refractivity contribution is -0.107. The van der Waals surface area contributed by atoms with Gasteiger partial charge in [-0.2, -0.15) is 0 Å². The summed E-state index contributed by atoms with van der Waals surface area (Å²) in [6.07, 6.45) is 1.37. The Balaban J connectivity index is 0.000000255. The Labute approximate surface area is 99.0 Å². The molecule has 1 aromatic carbocycles. The maximum Gasteiger partial charge on any atom is 0.245 e. The van der Waals surface area contributed by atoms with Crippen LogP contribution in [0.5, 0.6) is 0 Å². The average molecular weight is 254 g/mol. The van der Waals surface area contributed by atoms with Gasteiger partial charge in [0.15, 0.2) is 6.29 Å². The number of carbonyl (C=O) groups excluding carboxylic acids is 1. The van der Waals surface area contributed by atoms with Crippen LogP contribution in [0.4, 0.5) is 0 Å². The van der Waals surface area contributed by atoms with Crippen molar-refractivity contribution in [1.29, 1.82) is 0 Å².